The van der Waals surface area contributed by atoms with Gasteiger partial charge in [-0.25, -0.2) is 4.79 Å². The summed E-state index contributed by atoms with van der Waals surface area (Å²) in [5, 5.41) is 12.9. The molecule has 0 saturated heterocycles. The number of aromatic nitrogens is 2. The number of furan rings is 1. The van der Waals surface area contributed by atoms with Crippen molar-refractivity contribution in [1.29, 1.82) is 0 Å². The van der Waals surface area contributed by atoms with Gasteiger partial charge in [0.15, 0.2) is 11.5 Å². The summed E-state index contributed by atoms with van der Waals surface area (Å²) in [4.78, 5) is 10.9. The molecule has 0 amide bonds. The number of benzene rings is 1. The third-order valence-corrected chi connectivity index (χ3v) is 3.20. The minimum absolute atomic E-state index is 0.120. The summed E-state index contributed by atoms with van der Waals surface area (Å²) < 4.78 is 45.4. The summed E-state index contributed by atoms with van der Waals surface area (Å²) in [6.45, 7) is 0. The maximum Gasteiger partial charge on any atom is 0.420 e. The molecule has 8 heteroatoms. The zero-order chi connectivity index (χ0) is 16.1. The number of hydrogen-bond donors (Lipinski definition) is 1. The third-order valence-electron chi connectivity index (χ3n) is 3.20. The van der Waals surface area contributed by atoms with Crippen LogP contribution in [0.2, 0.25) is 0 Å². The number of aromatic carboxylic acids is 1. The quantitative estimate of drug-likeness (QED) is 0.786. The van der Waals surface area contributed by atoms with Crippen molar-refractivity contribution < 1.29 is 27.5 Å². The lowest BCUT2D eigenvalue weighted by atomic mass is 10.1. The molecule has 22 heavy (non-hydrogen) atoms. The molecular formula is C14H9F3N2O3. The number of nitrogens with zero attached hydrogens (tertiary/aromatic N) is 2. The molecule has 114 valence electrons. The second-order valence-corrected chi connectivity index (χ2v) is 4.68. The summed E-state index contributed by atoms with van der Waals surface area (Å²) in [5.41, 5.74) is -1.10. The van der Waals surface area contributed by atoms with Crippen molar-refractivity contribution >= 4 is 16.9 Å². The van der Waals surface area contributed by atoms with E-state index >= 15 is 0 Å². The summed E-state index contributed by atoms with van der Waals surface area (Å²) in [6, 6.07) is 6.38. The van der Waals surface area contributed by atoms with Crippen LogP contribution >= 0.6 is 0 Å². The molecule has 0 aliphatic carbocycles. The highest BCUT2D eigenvalue weighted by Gasteiger charge is 2.34. The molecule has 0 bridgehead atoms. The van der Waals surface area contributed by atoms with E-state index in [0.717, 1.165) is 6.07 Å². The van der Waals surface area contributed by atoms with Gasteiger partial charge in [-0.05, 0) is 12.1 Å². The van der Waals surface area contributed by atoms with Gasteiger partial charge in [0, 0.05) is 18.5 Å². The molecule has 2 heterocycles. The van der Waals surface area contributed by atoms with Crippen LogP contribution < -0.4 is 0 Å². The van der Waals surface area contributed by atoms with Crippen LogP contribution in [0.4, 0.5) is 13.2 Å². The number of aryl methyl sites for hydroxylation is 1. The van der Waals surface area contributed by atoms with Crippen LogP contribution in [0.1, 0.15) is 16.1 Å². The van der Waals surface area contributed by atoms with Gasteiger partial charge in [0.25, 0.3) is 0 Å². The lowest BCUT2D eigenvalue weighted by molar-refractivity contribution is -0.136. The predicted octanol–water partition coefficient (Wildman–Crippen LogP) is 3.55. The molecule has 0 atom stereocenters. The van der Waals surface area contributed by atoms with Gasteiger partial charge >= 0.3 is 12.1 Å². The van der Waals surface area contributed by atoms with E-state index < -0.39 is 17.7 Å². The Morgan fingerprint density at radius 2 is 2.05 bits per heavy atom. The van der Waals surface area contributed by atoms with Crippen molar-refractivity contribution in [3.8, 4) is 11.5 Å². The standard InChI is InChI=1S/C14H9F3N2O3/c1-19-10(6-9(18-19)13(20)21)11-5-7-3-2-4-8(12(7)22-11)14(15,16)17/h2-6H,1H3,(H,20,21). The molecule has 0 radical (unpaired) electrons. The van der Waals surface area contributed by atoms with Crippen LogP contribution in [0, 0.1) is 0 Å². The predicted molar refractivity (Wildman–Crippen MR) is 70.4 cm³/mol. The summed E-state index contributed by atoms with van der Waals surface area (Å²) >= 11 is 0. The average Bonchev–Trinajstić information content (AvgIpc) is 2.99. The summed E-state index contributed by atoms with van der Waals surface area (Å²) in [5.74, 6) is -1.11. The second kappa shape index (κ2) is 4.62. The fourth-order valence-electron chi connectivity index (χ4n) is 2.21. The van der Waals surface area contributed by atoms with E-state index in [0.29, 0.717) is 0 Å². The fourth-order valence-corrected chi connectivity index (χ4v) is 2.21. The molecule has 3 rings (SSSR count). The topological polar surface area (TPSA) is 68.3 Å². The maximum atomic E-state index is 13.0. The SMILES string of the molecule is Cn1nc(C(=O)O)cc1-c1cc2cccc(C(F)(F)F)c2o1. The van der Waals surface area contributed by atoms with E-state index in [2.05, 4.69) is 5.10 Å². The van der Waals surface area contributed by atoms with Gasteiger partial charge in [0.1, 0.15) is 11.3 Å². The maximum absolute atomic E-state index is 13.0. The van der Waals surface area contributed by atoms with Crippen LogP contribution in [-0.2, 0) is 13.2 Å². The molecule has 1 N–H and O–H groups in total. The van der Waals surface area contributed by atoms with Crippen molar-refractivity contribution in [2.75, 3.05) is 0 Å². The highest BCUT2D eigenvalue weighted by Crippen LogP contribution is 2.38. The van der Waals surface area contributed by atoms with E-state index in [9.17, 15) is 18.0 Å². The first kappa shape index (κ1) is 14.2. The normalized spacial score (nSPS) is 12.0. The Morgan fingerprint density at radius 1 is 1.32 bits per heavy atom. The van der Waals surface area contributed by atoms with Gasteiger partial charge in [0.2, 0.25) is 0 Å². The third kappa shape index (κ3) is 2.22. The smallest absolute Gasteiger partial charge is 0.420 e. The molecule has 0 unspecified atom stereocenters. The van der Waals surface area contributed by atoms with Crippen LogP contribution in [0.15, 0.2) is 34.7 Å². The number of alkyl halides is 3. The zero-order valence-corrected chi connectivity index (χ0v) is 11.2. The molecule has 0 fully saturated rings. The van der Waals surface area contributed by atoms with Crippen LogP contribution in [0.25, 0.3) is 22.4 Å². The lowest BCUT2D eigenvalue weighted by Gasteiger charge is -2.06. The highest BCUT2D eigenvalue weighted by molar-refractivity contribution is 5.88. The Hall–Kier alpha value is -2.77. The first-order valence-electron chi connectivity index (χ1n) is 6.15. The fraction of sp³-hybridized carbons (Fsp3) is 0.143. The van der Waals surface area contributed by atoms with Crippen molar-refractivity contribution in [2.45, 2.75) is 6.18 Å². The first-order valence-corrected chi connectivity index (χ1v) is 6.15. The van der Waals surface area contributed by atoms with Gasteiger partial charge in [-0.3, -0.25) is 4.68 Å². The Morgan fingerprint density at radius 3 is 2.64 bits per heavy atom. The van der Waals surface area contributed by atoms with E-state index in [4.69, 9.17) is 9.52 Å². The van der Waals surface area contributed by atoms with E-state index in [1.54, 1.807) is 0 Å². The van der Waals surface area contributed by atoms with Gasteiger partial charge in [-0.15, -0.1) is 0 Å². The number of carbonyl (C=O) groups is 1. The van der Waals surface area contributed by atoms with Crippen molar-refractivity contribution in [3.63, 3.8) is 0 Å². The number of carboxylic acid groups (broad SMARTS) is 1. The van der Waals surface area contributed by atoms with Crippen molar-refractivity contribution in [2.24, 2.45) is 7.05 Å². The van der Waals surface area contributed by atoms with Crippen molar-refractivity contribution in [1.82, 2.24) is 9.78 Å². The van der Waals surface area contributed by atoms with E-state index in [1.165, 1.54) is 36.0 Å². The lowest BCUT2D eigenvalue weighted by Crippen LogP contribution is -2.04. The molecule has 0 aliphatic heterocycles. The number of halogens is 3. The van der Waals surface area contributed by atoms with Gasteiger partial charge in [-0.1, -0.05) is 12.1 Å². The Bertz CT molecular complexity index is 877. The monoisotopic (exact) mass is 310 g/mol. The van der Waals surface area contributed by atoms with Crippen LogP contribution in [0.3, 0.4) is 0 Å². The zero-order valence-electron chi connectivity index (χ0n) is 11.2. The average molecular weight is 310 g/mol. The molecule has 3 aromatic rings. The number of para-hydroxylation sites is 1. The van der Waals surface area contributed by atoms with E-state index in [1.807, 2.05) is 0 Å². The van der Waals surface area contributed by atoms with Gasteiger partial charge in [-0.2, -0.15) is 18.3 Å². The van der Waals surface area contributed by atoms with Crippen molar-refractivity contribution in [3.05, 3.63) is 41.6 Å². The molecule has 0 aliphatic rings. The summed E-state index contributed by atoms with van der Waals surface area (Å²) in [7, 11) is 1.49. The number of rotatable bonds is 2. The molecule has 0 spiro atoms. The number of carboxylic acids is 1. The van der Waals surface area contributed by atoms with Gasteiger partial charge in [0.05, 0.1) is 5.56 Å². The van der Waals surface area contributed by atoms with Gasteiger partial charge < -0.3 is 9.52 Å². The van der Waals surface area contributed by atoms with E-state index in [-0.39, 0.29) is 28.1 Å². The molecule has 1 aromatic carbocycles. The van der Waals surface area contributed by atoms with Crippen LogP contribution in [-0.4, -0.2) is 20.9 Å². The molecule has 2 aromatic heterocycles. The first-order chi connectivity index (χ1) is 10.3. The highest BCUT2D eigenvalue weighted by atomic mass is 19.4. The molecule has 5 nitrogen and oxygen atoms in total. The Balaban J connectivity index is 2.19. The number of hydrogen-bond acceptors (Lipinski definition) is 3. The Kier molecular flexibility index (Phi) is 2.98. The Labute approximate surface area is 121 Å². The number of fused-ring (bicyclic) bond motifs is 1. The molecular weight excluding hydrogens is 301 g/mol. The van der Waals surface area contributed by atoms with Crippen LogP contribution in [0.5, 0.6) is 0 Å². The minimum atomic E-state index is -4.53. The second-order valence-electron chi connectivity index (χ2n) is 4.68. The largest absolute Gasteiger partial charge is 0.476 e. The minimum Gasteiger partial charge on any atom is -0.476 e. The summed E-state index contributed by atoms with van der Waals surface area (Å²) in [6.07, 6.45) is -4.53. The molecule has 0 saturated carbocycles.